The predicted octanol–water partition coefficient (Wildman–Crippen LogP) is 2.15. The van der Waals surface area contributed by atoms with Crippen molar-refractivity contribution in [1.29, 1.82) is 0 Å². The van der Waals surface area contributed by atoms with Crippen molar-refractivity contribution in [3.05, 3.63) is 54.4 Å². The summed E-state index contributed by atoms with van der Waals surface area (Å²) in [5.41, 5.74) is 0.936. The van der Waals surface area contributed by atoms with Crippen LogP contribution in [0.15, 0.2) is 48.7 Å². The third-order valence-electron chi connectivity index (χ3n) is 4.90. The van der Waals surface area contributed by atoms with E-state index in [0.29, 0.717) is 5.69 Å². The van der Waals surface area contributed by atoms with E-state index in [1.54, 1.807) is 10.9 Å². The number of amides is 2. The van der Waals surface area contributed by atoms with Gasteiger partial charge in [-0.05, 0) is 37.4 Å². The number of hydrogen-bond donors (Lipinski definition) is 3. The van der Waals surface area contributed by atoms with E-state index >= 15 is 0 Å². The average Bonchev–Trinajstić information content (AvgIpc) is 3.23. The van der Waals surface area contributed by atoms with E-state index in [9.17, 15) is 9.59 Å². The van der Waals surface area contributed by atoms with E-state index < -0.39 is 5.91 Å². The highest BCUT2D eigenvalue weighted by molar-refractivity contribution is 6.04. The second-order valence-electron chi connectivity index (χ2n) is 6.82. The van der Waals surface area contributed by atoms with Crippen LogP contribution in [0.2, 0.25) is 0 Å². The molecule has 2 aromatic carbocycles. The molecule has 0 spiro atoms. The standard InChI is InChI=1S/C20H22N6O2.ClH/c27-19(23-17-7-3-5-14-4-1-2-6-16(14)17)12-22-20(28)18-13-26(25-24-18)15-8-10-21-11-9-15;/h1-7,13,15,21H,8-12H2,(H,22,28)(H,23,27);1H. The molecule has 2 heterocycles. The first-order valence-electron chi connectivity index (χ1n) is 9.39. The van der Waals surface area contributed by atoms with Gasteiger partial charge in [0.05, 0.1) is 18.8 Å². The lowest BCUT2D eigenvalue weighted by atomic mass is 10.1. The third kappa shape index (κ3) is 4.90. The van der Waals surface area contributed by atoms with Crippen molar-refractivity contribution < 1.29 is 9.59 Å². The summed E-state index contributed by atoms with van der Waals surface area (Å²) >= 11 is 0. The summed E-state index contributed by atoms with van der Waals surface area (Å²) in [7, 11) is 0. The largest absolute Gasteiger partial charge is 0.342 e. The summed E-state index contributed by atoms with van der Waals surface area (Å²) in [6, 6.07) is 13.8. The van der Waals surface area contributed by atoms with Crippen LogP contribution >= 0.6 is 12.4 Å². The number of aromatic nitrogens is 3. The minimum atomic E-state index is -0.409. The summed E-state index contributed by atoms with van der Waals surface area (Å²) in [5, 5.41) is 18.7. The Morgan fingerprint density at radius 3 is 2.69 bits per heavy atom. The number of carbonyl (C=O) groups is 2. The molecule has 0 atom stereocenters. The minimum absolute atomic E-state index is 0. The predicted molar refractivity (Wildman–Crippen MR) is 113 cm³/mol. The average molecular weight is 415 g/mol. The van der Waals surface area contributed by atoms with Gasteiger partial charge in [-0.25, -0.2) is 4.68 Å². The molecule has 1 aromatic heterocycles. The highest BCUT2D eigenvalue weighted by Crippen LogP contribution is 2.22. The molecular formula is C20H23ClN6O2. The van der Waals surface area contributed by atoms with Gasteiger partial charge in [0.15, 0.2) is 5.69 Å². The number of anilines is 1. The van der Waals surface area contributed by atoms with Crippen LogP contribution in [0.4, 0.5) is 5.69 Å². The van der Waals surface area contributed by atoms with Gasteiger partial charge >= 0.3 is 0 Å². The lowest BCUT2D eigenvalue weighted by Gasteiger charge is -2.22. The van der Waals surface area contributed by atoms with Crippen LogP contribution in [0.25, 0.3) is 10.8 Å². The van der Waals surface area contributed by atoms with E-state index in [-0.39, 0.29) is 36.6 Å². The van der Waals surface area contributed by atoms with Crippen LogP contribution in [0, 0.1) is 0 Å². The molecule has 0 aliphatic carbocycles. The molecule has 152 valence electrons. The summed E-state index contributed by atoms with van der Waals surface area (Å²) in [4.78, 5) is 24.6. The quantitative estimate of drug-likeness (QED) is 0.593. The fourth-order valence-electron chi connectivity index (χ4n) is 3.41. The van der Waals surface area contributed by atoms with Crippen molar-refractivity contribution in [1.82, 2.24) is 25.6 Å². The topological polar surface area (TPSA) is 101 Å². The summed E-state index contributed by atoms with van der Waals surface area (Å²) in [6.07, 6.45) is 3.56. The Hall–Kier alpha value is -2.97. The Morgan fingerprint density at radius 1 is 1.10 bits per heavy atom. The van der Waals surface area contributed by atoms with Gasteiger partial charge in [0.25, 0.3) is 5.91 Å². The zero-order valence-electron chi connectivity index (χ0n) is 15.8. The van der Waals surface area contributed by atoms with Crippen molar-refractivity contribution in [3.8, 4) is 0 Å². The molecule has 2 amide bonds. The van der Waals surface area contributed by atoms with Crippen LogP contribution in [0.1, 0.15) is 29.4 Å². The molecule has 9 heteroatoms. The molecule has 1 aliphatic heterocycles. The molecular weight excluding hydrogens is 392 g/mol. The van der Waals surface area contributed by atoms with E-state index in [0.717, 1.165) is 36.7 Å². The first kappa shape index (κ1) is 20.8. The van der Waals surface area contributed by atoms with Crippen LogP contribution in [-0.2, 0) is 4.79 Å². The Bertz CT molecular complexity index is 994. The summed E-state index contributed by atoms with van der Waals surface area (Å²) < 4.78 is 1.74. The van der Waals surface area contributed by atoms with Gasteiger partial charge in [0.1, 0.15) is 0 Å². The second-order valence-corrected chi connectivity index (χ2v) is 6.82. The molecule has 0 saturated carbocycles. The molecule has 1 fully saturated rings. The zero-order valence-corrected chi connectivity index (χ0v) is 16.6. The van der Waals surface area contributed by atoms with E-state index in [1.807, 2.05) is 42.5 Å². The van der Waals surface area contributed by atoms with Gasteiger partial charge in [-0.15, -0.1) is 17.5 Å². The fraction of sp³-hybridized carbons (Fsp3) is 0.300. The Labute approximate surface area is 174 Å². The van der Waals surface area contributed by atoms with E-state index in [2.05, 4.69) is 26.3 Å². The summed E-state index contributed by atoms with van der Waals surface area (Å²) in [5.74, 6) is -0.705. The highest BCUT2D eigenvalue weighted by Gasteiger charge is 2.19. The fourth-order valence-corrected chi connectivity index (χ4v) is 3.41. The second kappa shape index (κ2) is 9.49. The van der Waals surface area contributed by atoms with Crippen molar-refractivity contribution in [2.75, 3.05) is 25.0 Å². The summed E-state index contributed by atoms with van der Waals surface area (Å²) in [6.45, 7) is 1.73. The van der Waals surface area contributed by atoms with Gasteiger partial charge < -0.3 is 16.0 Å². The number of rotatable bonds is 5. The van der Waals surface area contributed by atoms with Crippen molar-refractivity contribution in [3.63, 3.8) is 0 Å². The number of benzene rings is 2. The van der Waals surface area contributed by atoms with Crippen LogP contribution in [0.3, 0.4) is 0 Å². The van der Waals surface area contributed by atoms with Crippen LogP contribution in [0.5, 0.6) is 0 Å². The number of carbonyl (C=O) groups excluding carboxylic acids is 2. The van der Waals surface area contributed by atoms with Gasteiger partial charge in [-0.2, -0.15) is 0 Å². The number of fused-ring (bicyclic) bond motifs is 1. The van der Waals surface area contributed by atoms with E-state index in [1.165, 1.54) is 0 Å². The number of halogens is 1. The first-order chi connectivity index (χ1) is 13.7. The molecule has 1 aliphatic rings. The molecule has 0 radical (unpaired) electrons. The maximum atomic E-state index is 12.3. The number of nitrogens with one attached hydrogen (secondary N) is 3. The molecule has 29 heavy (non-hydrogen) atoms. The molecule has 3 N–H and O–H groups in total. The number of hydrogen-bond acceptors (Lipinski definition) is 5. The van der Waals surface area contributed by atoms with Crippen LogP contribution in [-0.4, -0.2) is 46.4 Å². The lowest BCUT2D eigenvalue weighted by Crippen LogP contribution is -2.33. The lowest BCUT2D eigenvalue weighted by molar-refractivity contribution is -0.115. The van der Waals surface area contributed by atoms with Crippen molar-refractivity contribution in [2.24, 2.45) is 0 Å². The van der Waals surface area contributed by atoms with Crippen molar-refractivity contribution in [2.45, 2.75) is 18.9 Å². The highest BCUT2D eigenvalue weighted by atomic mass is 35.5. The van der Waals surface area contributed by atoms with Crippen LogP contribution < -0.4 is 16.0 Å². The SMILES string of the molecule is Cl.O=C(CNC(=O)c1cn(C2CCNCC2)nn1)Nc1cccc2ccccc12. The normalized spacial score (nSPS) is 14.2. The maximum absolute atomic E-state index is 12.3. The molecule has 0 unspecified atom stereocenters. The number of nitrogens with zero attached hydrogens (tertiary/aromatic N) is 3. The molecule has 8 nitrogen and oxygen atoms in total. The minimum Gasteiger partial charge on any atom is -0.342 e. The van der Waals surface area contributed by atoms with E-state index in [4.69, 9.17) is 0 Å². The molecule has 0 bridgehead atoms. The van der Waals surface area contributed by atoms with Gasteiger partial charge in [-0.1, -0.05) is 41.6 Å². The number of piperidine rings is 1. The van der Waals surface area contributed by atoms with Gasteiger partial charge in [0, 0.05) is 11.1 Å². The molecule has 4 rings (SSSR count). The Morgan fingerprint density at radius 2 is 1.86 bits per heavy atom. The van der Waals surface area contributed by atoms with Gasteiger partial charge in [-0.3, -0.25) is 9.59 Å². The smallest absolute Gasteiger partial charge is 0.273 e. The molecule has 1 saturated heterocycles. The first-order valence-corrected chi connectivity index (χ1v) is 9.39. The maximum Gasteiger partial charge on any atom is 0.273 e. The van der Waals surface area contributed by atoms with Crippen molar-refractivity contribution >= 4 is 40.7 Å². The molecule has 3 aromatic rings. The monoisotopic (exact) mass is 414 g/mol. The van der Waals surface area contributed by atoms with Gasteiger partial charge in [0.2, 0.25) is 5.91 Å². The zero-order chi connectivity index (χ0) is 19.3. The third-order valence-corrected chi connectivity index (χ3v) is 4.90. The Balaban J connectivity index is 0.00000240. The Kier molecular flexibility index (Phi) is 6.79.